The molecule has 2 fully saturated rings. The normalized spacial score (nSPS) is 25.4. The molecule has 0 N–H and O–H groups in total. The van der Waals surface area contributed by atoms with E-state index < -0.39 is 0 Å². The molecule has 0 amide bonds. The van der Waals surface area contributed by atoms with Gasteiger partial charge in [0, 0.05) is 18.0 Å². The molecule has 0 unspecified atom stereocenters. The Bertz CT molecular complexity index is 809. The lowest BCUT2D eigenvalue weighted by atomic mass is 9.77. The Balaban J connectivity index is 1.24. The smallest absolute Gasteiger partial charge is 0.159 e. The summed E-state index contributed by atoms with van der Waals surface area (Å²) >= 11 is 0. The Morgan fingerprint density at radius 3 is 1.74 bits per heavy atom. The third kappa shape index (κ3) is 7.15. The molecule has 1 heterocycles. The minimum atomic E-state index is 0.663. The van der Waals surface area contributed by atoms with Crippen molar-refractivity contribution in [3.63, 3.8) is 0 Å². The van der Waals surface area contributed by atoms with Crippen LogP contribution in [0.1, 0.15) is 140 Å². The molecule has 0 atom stereocenters. The Labute approximate surface area is 209 Å². The second-order valence-corrected chi connectivity index (χ2v) is 11.4. The molecule has 0 saturated heterocycles. The van der Waals surface area contributed by atoms with Crippen LogP contribution in [0, 0.1) is 11.8 Å². The lowest BCUT2D eigenvalue weighted by Gasteiger charge is -2.29. The van der Waals surface area contributed by atoms with E-state index in [-0.39, 0.29) is 0 Å². The number of rotatable bonds is 11. The zero-order valence-corrected chi connectivity index (χ0v) is 22.0. The van der Waals surface area contributed by atoms with Gasteiger partial charge in [-0.2, -0.15) is 0 Å². The quantitative estimate of drug-likeness (QED) is 0.312. The summed E-state index contributed by atoms with van der Waals surface area (Å²) in [5, 5.41) is 0. The molecule has 2 aromatic rings. The third-order valence-corrected chi connectivity index (χ3v) is 8.89. The molecule has 186 valence electrons. The fourth-order valence-corrected chi connectivity index (χ4v) is 6.62. The monoisotopic (exact) mass is 460 g/mol. The van der Waals surface area contributed by atoms with Crippen LogP contribution >= 0.6 is 0 Å². The van der Waals surface area contributed by atoms with Crippen molar-refractivity contribution in [2.45, 2.75) is 128 Å². The molecule has 2 aliphatic carbocycles. The van der Waals surface area contributed by atoms with E-state index >= 15 is 0 Å². The summed E-state index contributed by atoms with van der Waals surface area (Å²) < 4.78 is 0. The van der Waals surface area contributed by atoms with E-state index in [1.165, 1.54) is 114 Å². The van der Waals surface area contributed by atoms with Crippen LogP contribution in [-0.2, 0) is 0 Å². The largest absolute Gasteiger partial charge is 0.236 e. The van der Waals surface area contributed by atoms with Crippen molar-refractivity contribution in [2.75, 3.05) is 0 Å². The van der Waals surface area contributed by atoms with E-state index in [9.17, 15) is 0 Å². The van der Waals surface area contributed by atoms with Crippen molar-refractivity contribution in [2.24, 2.45) is 11.8 Å². The zero-order valence-electron chi connectivity index (χ0n) is 22.0. The van der Waals surface area contributed by atoms with Crippen LogP contribution in [0.5, 0.6) is 0 Å². The fraction of sp³-hybridized carbons (Fsp3) is 0.688. The molecule has 2 saturated carbocycles. The van der Waals surface area contributed by atoms with Crippen molar-refractivity contribution in [3.8, 4) is 11.4 Å². The van der Waals surface area contributed by atoms with Gasteiger partial charge >= 0.3 is 0 Å². The van der Waals surface area contributed by atoms with Gasteiger partial charge in [0.25, 0.3) is 0 Å². The molecule has 0 spiro atoms. The summed E-state index contributed by atoms with van der Waals surface area (Å²) in [6.45, 7) is 4.62. The third-order valence-electron chi connectivity index (χ3n) is 8.89. The van der Waals surface area contributed by atoms with E-state index in [2.05, 4.69) is 50.5 Å². The van der Waals surface area contributed by atoms with Crippen LogP contribution in [-0.4, -0.2) is 9.97 Å². The molecular weight excluding hydrogens is 412 g/mol. The fourth-order valence-electron chi connectivity index (χ4n) is 6.62. The van der Waals surface area contributed by atoms with Gasteiger partial charge in [-0.15, -0.1) is 0 Å². The first kappa shape index (κ1) is 25.4. The Morgan fingerprint density at radius 2 is 1.15 bits per heavy atom. The highest BCUT2D eigenvalue weighted by Gasteiger charge is 2.23. The van der Waals surface area contributed by atoms with Crippen molar-refractivity contribution in [3.05, 3.63) is 47.8 Å². The number of aromatic nitrogens is 2. The molecule has 0 bridgehead atoms. The standard InChI is InChI=1S/C32H48N2/c1-3-5-6-7-8-10-26-13-17-29(18-14-26)31-23-33-32(34-24-31)30-21-19-28(20-22-30)27-15-11-25(9-4-2)12-16-27/h19-27,29H,3-18H2,1-2H3/t25-,26-,27-,29-. The van der Waals surface area contributed by atoms with E-state index in [0.29, 0.717) is 5.92 Å². The van der Waals surface area contributed by atoms with E-state index in [0.717, 1.165) is 29.1 Å². The highest BCUT2D eigenvalue weighted by Crippen LogP contribution is 2.39. The lowest BCUT2D eigenvalue weighted by molar-refractivity contribution is 0.301. The van der Waals surface area contributed by atoms with E-state index in [1.54, 1.807) is 0 Å². The van der Waals surface area contributed by atoms with Gasteiger partial charge in [-0.05, 0) is 86.2 Å². The minimum Gasteiger partial charge on any atom is -0.236 e. The molecule has 0 radical (unpaired) electrons. The number of nitrogens with zero attached hydrogens (tertiary/aromatic N) is 2. The van der Waals surface area contributed by atoms with Crippen LogP contribution in [0.2, 0.25) is 0 Å². The van der Waals surface area contributed by atoms with Gasteiger partial charge in [0.2, 0.25) is 0 Å². The van der Waals surface area contributed by atoms with E-state index in [4.69, 9.17) is 9.97 Å². The van der Waals surface area contributed by atoms with Gasteiger partial charge in [0.15, 0.2) is 5.82 Å². The summed E-state index contributed by atoms with van der Waals surface area (Å²) in [4.78, 5) is 9.57. The highest BCUT2D eigenvalue weighted by molar-refractivity contribution is 5.55. The van der Waals surface area contributed by atoms with Gasteiger partial charge in [-0.25, -0.2) is 9.97 Å². The van der Waals surface area contributed by atoms with E-state index in [1.807, 2.05) is 0 Å². The second kappa shape index (κ2) is 13.4. The topological polar surface area (TPSA) is 25.8 Å². The van der Waals surface area contributed by atoms with Crippen molar-refractivity contribution in [1.29, 1.82) is 0 Å². The molecule has 0 aliphatic heterocycles. The maximum absolute atomic E-state index is 4.78. The minimum absolute atomic E-state index is 0.663. The summed E-state index contributed by atoms with van der Waals surface area (Å²) in [5.74, 6) is 4.21. The molecular formula is C32H48N2. The first-order chi connectivity index (χ1) is 16.8. The number of hydrogen-bond donors (Lipinski definition) is 0. The van der Waals surface area contributed by atoms with Crippen molar-refractivity contribution in [1.82, 2.24) is 9.97 Å². The molecule has 2 heteroatoms. The predicted molar refractivity (Wildman–Crippen MR) is 145 cm³/mol. The van der Waals surface area contributed by atoms with Gasteiger partial charge in [0.1, 0.15) is 0 Å². The molecule has 1 aromatic heterocycles. The van der Waals surface area contributed by atoms with Gasteiger partial charge in [0.05, 0.1) is 0 Å². The average molecular weight is 461 g/mol. The Morgan fingerprint density at radius 1 is 0.588 bits per heavy atom. The van der Waals surface area contributed by atoms with Gasteiger partial charge < -0.3 is 0 Å². The summed E-state index contributed by atoms with van der Waals surface area (Å²) in [7, 11) is 0. The molecule has 34 heavy (non-hydrogen) atoms. The zero-order chi connectivity index (χ0) is 23.6. The maximum atomic E-state index is 4.78. The average Bonchev–Trinajstić information content (AvgIpc) is 2.90. The van der Waals surface area contributed by atoms with Crippen molar-refractivity contribution >= 4 is 0 Å². The van der Waals surface area contributed by atoms with Crippen LogP contribution in [0.3, 0.4) is 0 Å². The maximum Gasteiger partial charge on any atom is 0.159 e. The number of unbranched alkanes of at least 4 members (excludes halogenated alkanes) is 4. The van der Waals surface area contributed by atoms with Crippen molar-refractivity contribution < 1.29 is 0 Å². The second-order valence-electron chi connectivity index (χ2n) is 11.4. The summed E-state index contributed by atoms with van der Waals surface area (Å²) in [6.07, 6.45) is 26.4. The number of hydrogen-bond acceptors (Lipinski definition) is 2. The Hall–Kier alpha value is -1.70. The molecule has 2 nitrogen and oxygen atoms in total. The molecule has 1 aromatic carbocycles. The Kier molecular flexibility index (Phi) is 10.0. The SMILES string of the molecule is CCCCCCC[C@H]1CC[C@H](c2cnc(-c3ccc([C@H]4CC[C@H](CCC)CC4)cc3)nc2)CC1. The van der Waals surface area contributed by atoms with Gasteiger partial charge in [-0.1, -0.05) is 89.5 Å². The highest BCUT2D eigenvalue weighted by atomic mass is 14.9. The summed E-state index contributed by atoms with van der Waals surface area (Å²) in [5.41, 5.74) is 4.02. The van der Waals surface area contributed by atoms with Crippen LogP contribution < -0.4 is 0 Å². The molecule has 4 rings (SSSR count). The lowest BCUT2D eigenvalue weighted by Crippen LogP contribution is -2.14. The number of benzene rings is 1. The predicted octanol–water partition coefficient (Wildman–Crippen LogP) is 9.85. The van der Waals surface area contributed by atoms with Crippen LogP contribution in [0.15, 0.2) is 36.7 Å². The van der Waals surface area contributed by atoms with Crippen LogP contribution in [0.4, 0.5) is 0 Å². The summed E-state index contributed by atoms with van der Waals surface area (Å²) in [6, 6.07) is 9.16. The van der Waals surface area contributed by atoms with Gasteiger partial charge in [-0.3, -0.25) is 0 Å². The van der Waals surface area contributed by atoms with Crippen LogP contribution in [0.25, 0.3) is 11.4 Å². The molecule has 2 aliphatic rings. The first-order valence-corrected chi connectivity index (χ1v) is 14.7. The first-order valence-electron chi connectivity index (χ1n) is 14.7.